The predicted octanol–water partition coefficient (Wildman–Crippen LogP) is 2.42. The van der Waals surface area contributed by atoms with Gasteiger partial charge < -0.3 is 11.1 Å². The van der Waals surface area contributed by atoms with Crippen LogP contribution in [-0.2, 0) is 17.6 Å². The number of rotatable bonds is 3. The standard InChI is InChI=1S/C15H19N3OS/c16-7-9-3-1-4-10(9)14(19)18-15-12(8-17)11-5-2-6-13(11)20-15/h9-10H,1-7,16H2,(H,18,19). The SMILES string of the molecule is N#Cc1c(NC(=O)C2CCCC2CN)sc2c1CCC2. The van der Waals surface area contributed by atoms with Crippen LogP contribution in [0.15, 0.2) is 0 Å². The second-order valence-corrected chi connectivity index (χ2v) is 6.80. The zero-order valence-electron chi connectivity index (χ0n) is 11.4. The molecule has 0 aliphatic heterocycles. The Bertz CT molecular complexity index is 572. The minimum absolute atomic E-state index is 0.0171. The van der Waals surface area contributed by atoms with Gasteiger partial charge in [0.2, 0.25) is 5.91 Å². The minimum atomic E-state index is 0.0171. The summed E-state index contributed by atoms with van der Waals surface area (Å²) in [6, 6.07) is 2.27. The monoisotopic (exact) mass is 289 g/mol. The molecule has 1 amide bonds. The third-order valence-electron chi connectivity index (χ3n) is 4.57. The maximum Gasteiger partial charge on any atom is 0.228 e. The number of carbonyl (C=O) groups is 1. The molecule has 1 fully saturated rings. The van der Waals surface area contributed by atoms with Crippen molar-refractivity contribution in [1.29, 1.82) is 5.26 Å². The number of aryl methyl sites for hydroxylation is 1. The van der Waals surface area contributed by atoms with Crippen LogP contribution in [0, 0.1) is 23.2 Å². The van der Waals surface area contributed by atoms with Gasteiger partial charge in [0.05, 0.1) is 5.56 Å². The molecule has 1 heterocycles. The second-order valence-electron chi connectivity index (χ2n) is 5.70. The van der Waals surface area contributed by atoms with Gasteiger partial charge in [0.1, 0.15) is 11.1 Å². The summed E-state index contributed by atoms with van der Waals surface area (Å²) in [4.78, 5) is 13.7. The molecule has 1 aromatic heterocycles. The van der Waals surface area contributed by atoms with Gasteiger partial charge in [-0.05, 0) is 50.1 Å². The van der Waals surface area contributed by atoms with Crippen LogP contribution in [-0.4, -0.2) is 12.5 Å². The highest BCUT2D eigenvalue weighted by molar-refractivity contribution is 7.16. The van der Waals surface area contributed by atoms with Crippen LogP contribution in [0.5, 0.6) is 0 Å². The van der Waals surface area contributed by atoms with Crippen molar-refractivity contribution in [2.45, 2.75) is 38.5 Å². The highest BCUT2D eigenvalue weighted by atomic mass is 32.1. The van der Waals surface area contributed by atoms with Crippen LogP contribution in [0.3, 0.4) is 0 Å². The van der Waals surface area contributed by atoms with Gasteiger partial charge in [0.15, 0.2) is 0 Å². The first kappa shape index (κ1) is 13.6. The van der Waals surface area contributed by atoms with E-state index in [4.69, 9.17) is 5.73 Å². The van der Waals surface area contributed by atoms with Gasteiger partial charge in [-0.15, -0.1) is 11.3 Å². The Labute approximate surface area is 123 Å². The zero-order chi connectivity index (χ0) is 14.1. The molecule has 106 valence electrons. The number of hydrogen-bond acceptors (Lipinski definition) is 4. The van der Waals surface area contributed by atoms with E-state index in [0.717, 1.165) is 49.1 Å². The van der Waals surface area contributed by atoms with E-state index in [1.165, 1.54) is 4.88 Å². The van der Waals surface area contributed by atoms with E-state index in [0.29, 0.717) is 18.0 Å². The molecule has 5 heteroatoms. The van der Waals surface area contributed by atoms with Crippen molar-refractivity contribution in [3.8, 4) is 6.07 Å². The fraction of sp³-hybridized carbons (Fsp3) is 0.600. The maximum absolute atomic E-state index is 12.4. The molecule has 2 atom stereocenters. The molecule has 4 nitrogen and oxygen atoms in total. The number of nitrogens with zero attached hydrogens (tertiary/aromatic N) is 1. The van der Waals surface area contributed by atoms with Crippen LogP contribution >= 0.6 is 11.3 Å². The van der Waals surface area contributed by atoms with E-state index in [-0.39, 0.29) is 11.8 Å². The van der Waals surface area contributed by atoms with Crippen LogP contribution in [0.25, 0.3) is 0 Å². The molecule has 0 saturated heterocycles. The van der Waals surface area contributed by atoms with Gasteiger partial charge >= 0.3 is 0 Å². The predicted molar refractivity (Wildman–Crippen MR) is 79.6 cm³/mol. The van der Waals surface area contributed by atoms with Gasteiger partial charge in [-0.2, -0.15) is 5.26 Å². The van der Waals surface area contributed by atoms with E-state index >= 15 is 0 Å². The van der Waals surface area contributed by atoms with Gasteiger partial charge in [-0.25, -0.2) is 0 Å². The normalized spacial score (nSPS) is 24.4. The average Bonchev–Trinajstić information content (AvgIpc) is 3.12. The van der Waals surface area contributed by atoms with Crippen molar-refractivity contribution in [3.63, 3.8) is 0 Å². The lowest BCUT2D eigenvalue weighted by molar-refractivity contribution is -0.120. The fourth-order valence-electron chi connectivity index (χ4n) is 3.48. The number of carbonyl (C=O) groups excluding carboxylic acids is 1. The van der Waals surface area contributed by atoms with Crippen molar-refractivity contribution in [1.82, 2.24) is 0 Å². The Kier molecular flexibility index (Phi) is 3.77. The number of hydrogen-bond donors (Lipinski definition) is 2. The summed E-state index contributed by atoms with van der Waals surface area (Å²) < 4.78 is 0. The summed E-state index contributed by atoms with van der Waals surface area (Å²) >= 11 is 1.58. The van der Waals surface area contributed by atoms with Crippen molar-refractivity contribution in [2.24, 2.45) is 17.6 Å². The molecule has 2 aliphatic carbocycles. The Morgan fingerprint density at radius 3 is 3.00 bits per heavy atom. The van der Waals surface area contributed by atoms with E-state index in [2.05, 4.69) is 11.4 Å². The minimum Gasteiger partial charge on any atom is -0.330 e. The molecule has 0 aromatic carbocycles. The van der Waals surface area contributed by atoms with Gasteiger partial charge in [-0.1, -0.05) is 6.42 Å². The molecule has 3 N–H and O–H groups in total. The van der Waals surface area contributed by atoms with E-state index in [1.807, 2.05) is 0 Å². The molecule has 0 radical (unpaired) electrons. The second kappa shape index (κ2) is 5.55. The topological polar surface area (TPSA) is 78.9 Å². The Hall–Kier alpha value is -1.38. The number of fused-ring (bicyclic) bond motifs is 1. The maximum atomic E-state index is 12.4. The average molecular weight is 289 g/mol. The highest BCUT2D eigenvalue weighted by Crippen LogP contribution is 2.39. The van der Waals surface area contributed by atoms with Crippen LogP contribution < -0.4 is 11.1 Å². The summed E-state index contributed by atoms with van der Waals surface area (Å²) in [6.07, 6.45) is 6.17. The molecule has 1 saturated carbocycles. The first-order valence-electron chi connectivity index (χ1n) is 7.30. The molecule has 3 rings (SSSR count). The van der Waals surface area contributed by atoms with Crippen molar-refractivity contribution >= 4 is 22.2 Å². The number of thiophene rings is 1. The summed E-state index contributed by atoms with van der Waals surface area (Å²) in [6.45, 7) is 0.574. The molecule has 0 bridgehead atoms. The highest BCUT2D eigenvalue weighted by Gasteiger charge is 2.33. The van der Waals surface area contributed by atoms with E-state index in [1.54, 1.807) is 11.3 Å². The number of nitriles is 1. The van der Waals surface area contributed by atoms with Crippen LogP contribution in [0.4, 0.5) is 5.00 Å². The number of amides is 1. The molecular formula is C15H19N3OS. The number of nitrogens with one attached hydrogen (secondary N) is 1. The number of anilines is 1. The molecule has 2 unspecified atom stereocenters. The Balaban J connectivity index is 1.78. The van der Waals surface area contributed by atoms with Gasteiger partial charge in [0, 0.05) is 10.8 Å². The Morgan fingerprint density at radius 1 is 1.40 bits per heavy atom. The summed E-state index contributed by atoms with van der Waals surface area (Å²) in [5.41, 5.74) is 7.59. The summed E-state index contributed by atoms with van der Waals surface area (Å²) in [7, 11) is 0. The third kappa shape index (κ3) is 2.23. The molecular weight excluding hydrogens is 270 g/mol. The Morgan fingerprint density at radius 2 is 2.25 bits per heavy atom. The smallest absolute Gasteiger partial charge is 0.228 e. The fourth-order valence-corrected chi connectivity index (χ4v) is 4.72. The lowest BCUT2D eigenvalue weighted by Gasteiger charge is -2.16. The van der Waals surface area contributed by atoms with Crippen molar-refractivity contribution in [2.75, 3.05) is 11.9 Å². The first-order chi connectivity index (χ1) is 9.74. The number of nitrogens with two attached hydrogens (primary N) is 1. The van der Waals surface area contributed by atoms with Crippen LogP contribution in [0.2, 0.25) is 0 Å². The van der Waals surface area contributed by atoms with Crippen LogP contribution in [0.1, 0.15) is 41.7 Å². The van der Waals surface area contributed by atoms with Gasteiger partial charge in [0.25, 0.3) is 0 Å². The lowest BCUT2D eigenvalue weighted by atomic mass is 9.95. The quantitative estimate of drug-likeness (QED) is 0.897. The molecule has 2 aliphatic rings. The summed E-state index contributed by atoms with van der Waals surface area (Å²) in [5, 5.41) is 13.1. The first-order valence-corrected chi connectivity index (χ1v) is 8.11. The largest absolute Gasteiger partial charge is 0.330 e. The molecule has 1 aromatic rings. The zero-order valence-corrected chi connectivity index (χ0v) is 12.3. The summed E-state index contributed by atoms with van der Waals surface area (Å²) in [5.74, 6) is 0.366. The lowest BCUT2D eigenvalue weighted by Crippen LogP contribution is -2.29. The van der Waals surface area contributed by atoms with Gasteiger partial charge in [-0.3, -0.25) is 4.79 Å². The van der Waals surface area contributed by atoms with E-state index < -0.39 is 0 Å². The van der Waals surface area contributed by atoms with Crippen molar-refractivity contribution in [3.05, 3.63) is 16.0 Å². The van der Waals surface area contributed by atoms with E-state index in [9.17, 15) is 10.1 Å². The molecule has 20 heavy (non-hydrogen) atoms. The third-order valence-corrected chi connectivity index (χ3v) is 5.78. The molecule has 0 spiro atoms. The van der Waals surface area contributed by atoms with Crippen molar-refractivity contribution < 1.29 is 4.79 Å².